The molecule has 0 aromatic heterocycles. The lowest BCUT2D eigenvalue weighted by molar-refractivity contribution is 0.414. The molecule has 0 saturated heterocycles. The summed E-state index contributed by atoms with van der Waals surface area (Å²) >= 11 is 0. The predicted octanol–water partition coefficient (Wildman–Crippen LogP) is 4.24. The highest BCUT2D eigenvalue weighted by Gasteiger charge is 2.08. The molecule has 2 aromatic rings. The van der Waals surface area contributed by atoms with Gasteiger partial charge in [-0.05, 0) is 36.6 Å². The van der Waals surface area contributed by atoms with Gasteiger partial charge in [-0.15, -0.1) is 0 Å². The largest absolute Gasteiger partial charge is 0.497 e. The van der Waals surface area contributed by atoms with Crippen LogP contribution in [-0.4, -0.2) is 7.11 Å². The molecule has 0 aliphatic carbocycles. The molecule has 0 spiro atoms. The highest BCUT2D eigenvalue weighted by Crippen LogP contribution is 2.20. The molecule has 106 valence electrons. The van der Waals surface area contributed by atoms with E-state index >= 15 is 0 Å². The minimum absolute atomic E-state index is 0.377. The van der Waals surface area contributed by atoms with Crippen molar-refractivity contribution in [2.24, 2.45) is 0 Å². The van der Waals surface area contributed by atoms with Gasteiger partial charge in [0, 0.05) is 12.6 Å². The van der Waals surface area contributed by atoms with Gasteiger partial charge in [-0.3, -0.25) is 0 Å². The zero-order valence-electron chi connectivity index (χ0n) is 12.5. The standard InChI is InChI=1S/C18H23NO/c1-4-18(16-9-11-17(20-3)12-10-16)19-13-15-7-5-14(2)6-8-15/h5-12,18-19H,4,13H2,1-3H3. The maximum absolute atomic E-state index is 5.20. The first kappa shape index (κ1) is 14.6. The number of nitrogens with one attached hydrogen (secondary N) is 1. The summed E-state index contributed by atoms with van der Waals surface area (Å²) in [6, 6.07) is 17.4. The normalized spacial score (nSPS) is 12.2. The van der Waals surface area contributed by atoms with Crippen LogP contribution in [0.5, 0.6) is 5.75 Å². The summed E-state index contributed by atoms with van der Waals surface area (Å²) in [6.45, 7) is 5.21. The zero-order chi connectivity index (χ0) is 14.4. The Balaban J connectivity index is 1.99. The molecule has 2 heteroatoms. The lowest BCUT2D eigenvalue weighted by Gasteiger charge is -2.18. The van der Waals surface area contributed by atoms with Gasteiger partial charge in [0.2, 0.25) is 0 Å². The first-order valence-electron chi connectivity index (χ1n) is 7.15. The van der Waals surface area contributed by atoms with Gasteiger partial charge in [0.15, 0.2) is 0 Å². The van der Waals surface area contributed by atoms with Crippen LogP contribution in [0.1, 0.15) is 36.1 Å². The summed E-state index contributed by atoms with van der Waals surface area (Å²) in [4.78, 5) is 0. The minimum Gasteiger partial charge on any atom is -0.497 e. The van der Waals surface area contributed by atoms with Crippen molar-refractivity contribution in [1.82, 2.24) is 5.32 Å². The molecular weight excluding hydrogens is 246 g/mol. The highest BCUT2D eigenvalue weighted by molar-refractivity contribution is 5.29. The fraction of sp³-hybridized carbons (Fsp3) is 0.333. The third-order valence-corrected chi connectivity index (χ3v) is 3.60. The Bertz CT molecular complexity index is 516. The third-order valence-electron chi connectivity index (χ3n) is 3.60. The summed E-state index contributed by atoms with van der Waals surface area (Å²) < 4.78 is 5.20. The van der Waals surface area contributed by atoms with Gasteiger partial charge in [-0.2, -0.15) is 0 Å². The van der Waals surface area contributed by atoms with Crippen molar-refractivity contribution in [3.05, 3.63) is 65.2 Å². The molecular formula is C18H23NO. The molecule has 1 unspecified atom stereocenters. The molecule has 0 bridgehead atoms. The summed E-state index contributed by atoms with van der Waals surface area (Å²) in [6.07, 6.45) is 1.07. The van der Waals surface area contributed by atoms with Crippen molar-refractivity contribution in [3.8, 4) is 5.75 Å². The Morgan fingerprint density at radius 1 is 1.00 bits per heavy atom. The van der Waals surface area contributed by atoms with Crippen molar-refractivity contribution in [2.45, 2.75) is 32.9 Å². The number of methoxy groups -OCH3 is 1. The molecule has 0 aliphatic heterocycles. The van der Waals surface area contributed by atoms with Gasteiger partial charge in [-0.25, -0.2) is 0 Å². The van der Waals surface area contributed by atoms with Gasteiger partial charge in [0.1, 0.15) is 5.75 Å². The average molecular weight is 269 g/mol. The number of benzene rings is 2. The second-order valence-electron chi connectivity index (χ2n) is 5.10. The van der Waals surface area contributed by atoms with E-state index in [9.17, 15) is 0 Å². The van der Waals surface area contributed by atoms with Gasteiger partial charge in [0.05, 0.1) is 7.11 Å². The van der Waals surface area contributed by atoms with Crippen molar-refractivity contribution in [3.63, 3.8) is 0 Å². The maximum atomic E-state index is 5.20. The fourth-order valence-corrected chi connectivity index (χ4v) is 2.28. The monoisotopic (exact) mass is 269 g/mol. The van der Waals surface area contributed by atoms with Crippen LogP contribution in [0.4, 0.5) is 0 Å². The first-order chi connectivity index (χ1) is 9.72. The van der Waals surface area contributed by atoms with Crippen LogP contribution in [0.2, 0.25) is 0 Å². The third kappa shape index (κ3) is 3.84. The van der Waals surface area contributed by atoms with Crippen LogP contribution in [0.3, 0.4) is 0 Å². The molecule has 1 atom stereocenters. The lowest BCUT2D eigenvalue weighted by atomic mass is 10.0. The van der Waals surface area contributed by atoms with Gasteiger partial charge in [0.25, 0.3) is 0 Å². The van der Waals surface area contributed by atoms with E-state index in [1.54, 1.807) is 7.11 Å². The number of hydrogen-bond acceptors (Lipinski definition) is 2. The molecule has 0 aliphatic rings. The second kappa shape index (κ2) is 7.11. The summed E-state index contributed by atoms with van der Waals surface area (Å²) in [7, 11) is 1.70. The van der Waals surface area contributed by atoms with E-state index in [4.69, 9.17) is 4.74 Å². The zero-order valence-corrected chi connectivity index (χ0v) is 12.5. The van der Waals surface area contributed by atoms with Crippen LogP contribution >= 0.6 is 0 Å². The lowest BCUT2D eigenvalue weighted by Crippen LogP contribution is -2.20. The predicted molar refractivity (Wildman–Crippen MR) is 84.0 cm³/mol. The van der Waals surface area contributed by atoms with Crippen LogP contribution in [0, 0.1) is 6.92 Å². The second-order valence-corrected chi connectivity index (χ2v) is 5.10. The Morgan fingerprint density at radius 3 is 2.20 bits per heavy atom. The van der Waals surface area contributed by atoms with E-state index in [0.29, 0.717) is 6.04 Å². The summed E-state index contributed by atoms with van der Waals surface area (Å²) in [5.74, 6) is 0.905. The molecule has 1 N–H and O–H groups in total. The first-order valence-corrected chi connectivity index (χ1v) is 7.15. The minimum atomic E-state index is 0.377. The Morgan fingerprint density at radius 2 is 1.65 bits per heavy atom. The Hall–Kier alpha value is -1.80. The maximum Gasteiger partial charge on any atom is 0.118 e. The smallest absolute Gasteiger partial charge is 0.118 e. The molecule has 0 heterocycles. The molecule has 0 saturated carbocycles. The quantitative estimate of drug-likeness (QED) is 0.846. The SMILES string of the molecule is CCC(NCc1ccc(C)cc1)c1ccc(OC)cc1. The van der Waals surface area contributed by atoms with Crippen molar-refractivity contribution in [1.29, 1.82) is 0 Å². The van der Waals surface area contributed by atoms with E-state index in [1.165, 1.54) is 16.7 Å². The van der Waals surface area contributed by atoms with Crippen LogP contribution < -0.4 is 10.1 Å². The number of aryl methyl sites for hydroxylation is 1. The topological polar surface area (TPSA) is 21.3 Å². The van der Waals surface area contributed by atoms with Gasteiger partial charge >= 0.3 is 0 Å². The average Bonchev–Trinajstić information content (AvgIpc) is 2.50. The van der Waals surface area contributed by atoms with E-state index in [-0.39, 0.29) is 0 Å². The van der Waals surface area contributed by atoms with E-state index in [0.717, 1.165) is 18.7 Å². The van der Waals surface area contributed by atoms with Crippen LogP contribution in [0.15, 0.2) is 48.5 Å². The number of rotatable bonds is 6. The molecule has 0 fully saturated rings. The van der Waals surface area contributed by atoms with E-state index in [1.807, 2.05) is 12.1 Å². The Labute approximate surface area is 121 Å². The van der Waals surface area contributed by atoms with E-state index < -0.39 is 0 Å². The van der Waals surface area contributed by atoms with Gasteiger partial charge in [-0.1, -0.05) is 48.9 Å². The fourth-order valence-electron chi connectivity index (χ4n) is 2.28. The van der Waals surface area contributed by atoms with Crippen molar-refractivity contribution >= 4 is 0 Å². The van der Waals surface area contributed by atoms with E-state index in [2.05, 4.69) is 55.6 Å². The Kier molecular flexibility index (Phi) is 5.19. The van der Waals surface area contributed by atoms with Crippen molar-refractivity contribution < 1.29 is 4.74 Å². The number of ether oxygens (including phenoxy) is 1. The molecule has 0 radical (unpaired) electrons. The van der Waals surface area contributed by atoms with Crippen LogP contribution in [0.25, 0.3) is 0 Å². The molecule has 2 rings (SSSR count). The summed E-state index contributed by atoms with van der Waals surface area (Å²) in [5.41, 5.74) is 3.93. The molecule has 20 heavy (non-hydrogen) atoms. The van der Waals surface area contributed by atoms with Crippen LogP contribution in [-0.2, 0) is 6.54 Å². The number of hydrogen-bond donors (Lipinski definition) is 1. The summed E-state index contributed by atoms with van der Waals surface area (Å²) in [5, 5.41) is 3.62. The molecule has 2 aromatic carbocycles. The van der Waals surface area contributed by atoms with Crippen molar-refractivity contribution in [2.75, 3.05) is 7.11 Å². The van der Waals surface area contributed by atoms with Gasteiger partial charge < -0.3 is 10.1 Å². The molecule has 2 nitrogen and oxygen atoms in total. The molecule has 0 amide bonds. The highest BCUT2D eigenvalue weighted by atomic mass is 16.5.